The Balaban J connectivity index is 0.00000169. The van der Waals surface area contributed by atoms with Crippen molar-refractivity contribution in [2.24, 2.45) is 16.6 Å². The smallest absolute Gasteiger partial charge is 0.0980 e. The van der Waals surface area contributed by atoms with Crippen LogP contribution in [0.15, 0.2) is 16.6 Å². The van der Waals surface area contributed by atoms with Gasteiger partial charge in [0.1, 0.15) is 0 Å². The second kappa shape index (κ2) is 7.18. The van der Waals surface area contributed by atoms with Gasteiger partial charge in [0.05, 0.1) is 5.84 Å². The minimum atomic E-state index is 0. The maximum atomic E-state index is 5.87. The summed E-state index contributed by atoms with van der Waals surface area (Å²) in [4.78, 5) is 4.33. The third-order valence-corrected chi connectivity index (χ3v) is 3.19. The van der Waals surface area contributed by atoms with Crippen molar-refractivity contribution in [1.82, 2.24) is 0 Å². The number of amidine groups is 1. The summed E-state index contributed by atoms with van der Waals surface area (Å²) in [6.45, 7) is 5.14. The van der Waals surface area contributed by atoms with Gasteiger partial charge in [-0.3, -0.25) is 4.99 Å². The minimum absolute atomic E-state index is 0. The van der Waals surface area contributed by atoms with Gasteiger partial charge in [-0.2, -0.15) is 11.8 Å². The number of halogens is 1. The zero-order valence-corrected chi connectivity index (χ0v) is 10.5. The van der Waals surface area contributed by atoms with Gasteiger partial charge in [-0.05, 0) is 20.3 Å². The first-order chi connectivity index (χ1) is 6.20. The summed E-state index contributed by atoms with van der Waals surface area (Å²) in [6.07, 6.45) is 3.30. The van der Waals surface area contributed by atoms with Crippen LogP contribution in [0.5, 0.6) is 0 Å². The number of nitrogens with two attached hydrogens (primary N) is 1. The summed E-state index contributed by atoms with van der Waals surface area (Å²) in [6, 6.07) is 0. The van der Waals surface area contributed by atoms with E-state index in [0.29, 0.717) is 5.92 Å². The van der Waals surface area contributed by atoms with Crippen molar-refractivity contribution >= 4 is 30.0 Å². The van der Waals surface area contributed by atoms with Gasteiger partial charge >= 0.3 is 0 Å². The molecular weight excluding hydrogens is 216 g/mol. The standard InChI is InChI=1S/C10H18N2S.ClH/c1-8(2)3-4-9-7-13-6-5-12-10(9)11;/h3,9H,4-7H2,1-2H3,(H2,11,12);1H. The normalized spacial score (nSPS) is 21.6. The molecule has 0 amide bonds. The number of thioether (sulfide) groups is 1. The van der Waals surface area contributed by atoms with Crippen molar-refractivity contribution in [2.45, 2.75) is 20.3 Å². The second-order valence-corrected chi connectivity index (χ2v) is 4.75. The molecule has 0 radical (unpaired) electrons. The molecule has 0 bridgehead atoms. The molecule has 0 aromatic rings. The van der Waals surface area contributed by atoms with E-state index in [1.165, 1.54) is 5.57 Å². The zero-order valence-electron chi connectivity index (χ0n) is 8.82. The Morgan fingerprint density at radius 3 is 3.00 bits per heavy atom. The lowest BCUT2D eigenvalue weighted by Gasteiger charge is -2.11. The molecule has 0 fully saturated rings. The molecule has 0 saturated carbocycles. The van der Waals surface area contributed by atoms with E-state index >= 15 is 0 Å². The molecule has 1 atom stereocenters. The molecule has 2 N–H and O–H groups in total. The van der Waals surface area contributed by atoms with Crippen molar-refractivity contribution in [3.8, 4) is 0 Å². The molecule has 0 spiro atoms. The highest BCUT2D eigenvalue weighted by atomic mass is 35.5. The third-order valence-electron chi connectivity index (χ3n) is 2.08. The number of hydrogen-bond acceptors (Lipinski definition) is 3. The molecule has 1 unspecified atom stereocenters. The average molecular weight is 235 g/mol. The van der Waals surface area contributed by atoms with Crippen LogP contribution in [0.2, 0.25) is 0 Å². The van der Waals surface area contributed by atoms with Crippen LogP contribution in [0.25, 0.3) is 0 Å². The summed E-state index contributed by atoms with van der Waals surface area (Å²) in [5, 5.41) is 0. The molecule has 14 heavy (non-hydrogen) atoms. The van der Waals surface area contributed by atoms with Crippen molar-refractivity contribution in [1.29, 1.82) is 0 Å². The fourth-order valence-electron chi connectivity index (χ4n) is 1.25. The van der Waals surface area contributed by atoms with Crippen LogP contribution in [0.3, 0.4) is 0 Å². The van der Waals surface area contributed by atoms with Gasteiger partial charge in [-0.15, -0.1) is 12.4 Å². The number of aliphatic imine (C=N–C) groups is 1. The first-order valence-electron chi connectivity index (χ1n) is 4.71. The Morgan fingerprint density at radius 1 is 1.64 bits per heavy atom. The molecule has 0 aromatic heterocycles. The first-order valence-corrected chi connectivity index (χ1v) is 5.86. The quantitative estimate of drug-likeness (QED) is 0.746. The predicted octanol–water partition coefficient (Wildman–Crippen LogP) is 2.48. The summed E-state index contributed by atoms with van der Waals surface area (Å²) in [5.41, 5.74) is 7.24. The van der Waals surface area contributed by atoms with Crippen LogP contribution >= 0.6 is 24.2 Å². The molecule has 0 saturated heterocycles. The lowest BCUT2D eigenvalue weighted by molar-refractivity contribution is 0.790. The SMILES string of the molecule is CC(C)=CCC1CSCCN=C1N.Cl. The van der Waals surface area contributed by atoms with Gasteiger partial charge in [0.15, 0.2) is 0 Å². The Morgan fingerprint density at radius 2 is 2.36 bits per heavy atom. The number of hydrogen-bond donors (Lipinski definition) is 1. The highest BCUT2D eigenvalue weighted by Gasteiger charge is 2.14. The highest BCUT2D eigenvalue weighted by Crippen LogP contribution is 2.17. The highest BCUT2D eigenvalue weighted by molar-refractivity contribution is 7.99. The minimum Gasteiger partial charge on any atom is -0.387 e. The van der Waals surface area contributed by atoms with Crippen LogP contribution in [-0.2, 0) is 0 Å². The molecule has 0 aromatic carbocycles. The van der Waals surface area contributed by atoms with Gasteiger partial charge in [0.2, 0.25) is 0 Å². The van der Waals surface area contributed by atoms with Crippen molar-refractivity contribution in [2.75, 3.05) is 18.1 Å². The van der Waals surface area contributed by atoms with E-state index in [1.807, 2.05) is 11.8 Å². The van der Waals surface area contributed by atoms with E-state index in [-0.39, 0.29) is 12.4 Å². The molecule has 82 valence electrons. The van der Waals surface area contributed by atoms with E-state index in [0.717, 1.165) is 30.3 Å². The third kappa shape index (κ3) is 4.91. The molecule has 1 aliphatic heterocycles. The Bertz CT molecular complexity index is 222. The number of allylic oxidation sites excluding steroid dienone is 2. The van der Waals surface area contributed by atoms with Crippen molar-refractivity contribution in [3.63, 3.8) is 0 Å². The largest absolute Gasteiger partial charge is 0.387 e. The van der Waals surface area contributed by atoms with Gasteiger partial charge in [0.25, 0.3) is 0 Å². The predicted molar refractivity (Wildman–Crippen MR) is 68.6 cm³/mol. The molecule has 1 rings (SSSR count). The summed E-state index contributed by atoms with van der Waals surface area (Å²) < 4.78 is 0. The number of rotatable bonds is 2. The van der Waals surface area contributed by atoms with Gasteiger partial charge in [-0.25, -0.2) is 0 Å². The van der Waals surface area contributed by atoms with Crippen LogP contribution in [-0.4, -0.2) is 23.9 Å². The Labute approximate surface area is 96.8 Å². The number of nitrogens with zero attached hydrogens (tertiary/aromatic N) is 1. The van der Waals surface area contributed by atoms with Crippen LogP contribution < -0.4 is 5.73 Å². The zero-order chi connectivity index (χ0) is 9.68. The molecular formula is C10H19ClN2S. The maximum absolute atomic E-state index is 5.87. The van der Waals surface area contributed by atoms with Crippen molar-refractivity contribution < 1.29 is 0 Å². The second-order valence-electron chi connectivity index (χ2n) is 3.60. The summed E-state index contributed by atoms with van der Waals surface area (Å²) in [7, 11) is 0. The van der Waals surface area contributed by atoms with E-state index in [4.69, 9.17) is 5.73 Å². The summed E-state index contributed by atoms with van der Waals surface area (Å²) >= 11 is 1.96. The van der Waals surface area contributed by atoms with E-state index in [9.17, 15) is 0 Å². The molecule has 2 nitrogen and oxygen atoms in total. The Kier molecular flexibility index (Phi) is 7.11. The van der Waals surface area contributed by atoms with Crippen LogP contribution in [0, 0.1) is 5.92 Å². The average Bonchev–Trinajstić information content (AvgIpc) is 2.27. The first kappa shape index (κ1) is 13.8. The topological polar surface area (TPSA) is 38.4 Å². The molecule has 1 heterocycles. The molecule has 0 aliphatic carbocycles. The van der Waals surface area contributed by atoms with Gasteiger partial charge in [0, 0.05) is 24.0 Å². The lowest BCUT2D eigenvalue weighted by Crippen LogP contribution is -2.24. The van der Waals surface area contributed by atoms with E-state index in [1.54, 1.807) is 0 Å². The fourth-order valence-corrected chi connectivity index (χ4v) is 2.22. The monoisotopic (exact) mass is 234 g/mol. The van der Waals surface area contributed by atoms with Gasteiger partial charge in [-0.1, -0.05) is 11.6 Å². The van der Waals surface area contributed by atoms with E-state index in [2.05, 4.69) is 24.9 Å². The fraction of sp³-hybridized carbons (Fsp3) is 0.700. The maximum Gasteiger partial charge on any atom is 0.0980 e. The summed E-state index contributed by atoms with van der Waals surface area (Å²) in [5.74, 6) is 3.55. The molecule has 4 heteroatoms. The van der Waals surface area contributed by atoms with Crippen LogP contribution in [0.1, 0.15) is 20.3 Å². The van der Waals surface area contributed by atoms with E-state index < -0.39 is 0 Å². The van der Waals surface area contributed by atoms with Crippen LogP contribution in [0.4, 0.5) is 0 Å². The molecule has 1 aliphatic rings. The van der Waals surface area contributed by atoms with Crippen molar-refractivity contribution in [3.05, 3.63) is 11.6 Å². The Hall–Kier alpha value is -0.150. The van der Waals surface area contributed by atoms with Gasteiger partial charge < -0.3 is 5.73 Å². The lowest BCUT2D eigenvalue weighted by atomic mass is 10.1.